The summed E-state index contributed by atoms with van der Waals surface area (Å²) in [6, 6.07) is 33.9. The first kappa shape index (κ1) is 31.5. The van der Waals surface area contributed by atoms with E-state index >= 15 is 0 Å². The second-order valence-electron chi connectivity index (χ2n) is 5.47. The predicted molar refractivity (Wildman–Crippen MR) is 115 cm³/mol. The molecule has 0 aliphatic carbocycles. The fourth-order valence-electron chi connectivity index (χ4n) is 2.97. The van der Waals surface area contributed by atoms with Crippen LogP contribution in [0.25, 0.3) is 32.3 Å². The average molecular weight is 501 g/mol. The molecule has 0 bridgehead atoms. The molecular formula is C24H22Cl2SiZr-4. The third kappa shape index (κ3) is 6.71. The first-order valence-electron chi connectivity index (χ1n) is 7.55. The minimum Gasteiger partial charge on any atom is -1.00 e. The Kier molecular flexibility index (Phi) is 16.6. The molecule has 4 heteroatoms. The molecule has 5 aromatic carbocycles. The molecule has 5 aromatic rings. The van der Waals surface area contributed by atoms with Crippen molar-refractivity contribution in [2.45, 2.75) is 0 Å². The summed E-state index contributed by atoms with van der Waals surface area (Å²) in [5.41, 5.74) is 0. The van der Waals surface area contributed by atoms with Gasteiger partial charge in [0.15, 0.2) is 0 Å². The zero-order valence-electron chi connectivity index (χ0n) is 16.0. The van der Waals surface area contributed by atoms with Crippen molar-refractivity contribution >= 4 is 43.3 Å². The molecule has 0 unspecified atom stereocenters. The Morgan fingerprint density at radius 2 is 0.964 bits per heavy atom. The van der Waals surface area contributed by atoms with Crippen molar-refractivity contribution < 1.29 is 51.0 Å². The minimum absolute atomic E-state index is 0. The van der Waals surface area contributed by atoms with Crippen LogP contribution in [0.4, 0.5) is 0 Å². The van der Waals surface area contributed by atoms with E-state index in [1.165, 1.54) is 32.3 Å². The summed E-state index contributed by atoms with van der Waals surface area (Å²) < 4.78 is 0. The van der Waals surface area contributed by atoms with Crippen molar-refractivity contribution in [3.05, 3.63) is 112 Å². The van der Waals surface area contributed by atoms with Crippen molar-refractivity contribution in [2.24, 2.45) is 0 Å². The van der Waals surface area contributed by atoms with Crippen molar-refractivity contribution in [1.29, 1.82) is 0 Å². The Labute approximate surface area is 205 Å². The van der Waals surface area contributed by atoms with E-state index in [-0.39, 0.29) is 76.8 Å². The maximum Gasteiger partial charge on any atom is 2.00 e. The molecule has 0 nitrogen and oxygen atoms in total. The largest absolute Gasteiger partial charge is 2.00 e. The third-order valence-electron chi connectivity index (χ3n) is 4.07. The van der Waals surface area contributed by atoms with E-state index in [0.717, 1.165) is 0 Å². The molecule has 0 N–H and O–H groups in total. The monoisotopic (exact) mass is 498 g/mol. The number of halogens is 2. The molecule has 0 saturated heterocycles. The predicted octanol–water partition coefficient (Wildman–Crippen LogP) is 0.796. The number of hydrogen-bond acceptors (Lipinski definition) is 0. The van der Waals surface area contributed by atoms with Gasteiger partial charge in [0.25, 0.3) is 0 Å². The molecule has 28 heavy (non-hydrogen) atoms. The Bertz CT molecular complexity index is 969. The molecule has 5 rings (SSSR count). The number of rotatable bonds is 0. The number of hydrogen-bond donors (Lipinski definition) is 0. The molecule has 0 heterocycles. The first-order chi connectivity index (χ1) is 10.9. The SMILES string of the molecule is [CH3-].[CH3-].[Cl-].[Cl-].[Si].[Zr+2].c1ccc2[cH-]ccc2c1.c1ccc2c(c1)[cH-]c1ccccc12. The van der Waals surface area contributed by atoms with Crippen LogP contribution in [0.5, 0.6) is 0 Å². The van der Waals surface area contributed by atoms with Gasteiger partial charge in [-0.05, 0) is 0 Å². The molecule has 0 saturated carbocycles. The second kappa shape index (κ2) is 14.8. The summed E-state index contributed by atoms with van der Waals surface area (Å²) in [4.78, 5) is 0. The van der Waals surface area contributed by atoms with Crippen LogP contribution >= 0.6 is 0 Å². The zero-order valence-corrected chi connectivity index (χ0v) is 21.0. The Morgan fingerprint density at radius 1 is 0.536 bits per heavy atom. The molecule has 0 fully saturated rings. The second-order valence-corrected chi connectivity index (χ2v) is 5.47. The fraction of sp³-hybridized carbons (Fsp3) is 0. The van der Waals surface area contributed by atoms with E-state index in [0.29, 0.717) is 0 Å². The van der Waals surface area contributed by atoms with E-state index < -0.39 is 0 Å². The van der Waals surface area contributed by atoms with Crippen molar-refractivity contribution in [3.63, 3.8) is 0 Å². The van der Waals surface area contributed by atoms with Crippen LogP contribution in [0.3, 0.4) is 0 Å². The normalized spacial score (nSPS) is 8.43. The van der Waals surface area contributed by atoms with Crippen LogP contribution in [0.2, 0.25) is 0 Å². The van der Waals surface area contributed by atoms with Crippen LogP contribution in [0.15, 0.2) is 97.1 Å². The molecule has 0 amide bonds. The van der Waals surface area contributed by atoms with Gasteiger partial charge in [-0.3, -0.25) is 0 Å². The van der Waals surface area contributed by atoms with E-state index in [1.54, 1.807) is 0 Å². The molecule has 0 aromatic heterocycles. The molecule has 4 radical (unpaired) electrons. The van der Waals surface area contributed by atoms with Gasteiger partial charge in [0.05, 0.1) is 0 Å². The standard InChI is InChI=1S/C13H9.C9H7.2CH3.2ClH.Si.Zr/c1-3-7-12-10(5-1)9-11-6-2-4-8-13(11)12;1-2-5-9-7-3-6-8(9)4-1;;;;;;/h1-9H;1-7H;2*1H3;2*1H;;/q4*-1;;;;+2/p-2. The summed E-state index contributed by atoms with van der Waals surface area (Å²) in [5, 5.41) is 8.05. The van der Waals surface area contributed by atoms with E-state index in [4.69, 9.17) is 0 Å². The summed E-state index contributed by atoms with van der Waals surface area (Å²) >= 11 is 0. The summed E-state index contributed by atoms with van der Waals surface area (Å²) in [6.45, 7) is 0. The molecular weight excluding hydrogens is 478 g/mol. The van der Waals surface area contributed by atoms with Crippen LogP contribution in [-0.4, -0.2) is 11.0 Å². The van der Waals surface area contributed by atoms with Gasteiger partial charge in [-0.1, -0.05) is 42.5 Å². The summed E-state index contributed by atoms with van der Waals surface area (Å²) in [5.74, 6) is 0. The van der Waals surface area contributed by atoms with Gasteiger partial charge in [-0.15, -0.1) is 69.4 Å². The molecule has 0 atom stereocenters. The van der Waals surface area contributed by atoms with Gasteiger partial charge in [0, 0.05) is 11.0 Å². The molecule has 0 spiro atoms. The van der Waals surface area contributed by atoms with Gasteiger partial charge in [-0.2, -0.15) is 17.5 Å². The van der Waals surface area contributed by atoms with Gasteiger partial charge in [-0.25, -0.2) is 0 Å². The third-order valence-corrected chi connectivity index (χ3v) is 4.07. The van der Waals surface area contributed by atoms with Crippen LogP contribution in [0, 0.1) is 14.9 Å². The first-order valence-corrected chi connectivity index (χ1v) is 7.55. The van der Waals surface area contributed by atoms with Crippen molar-refractivity contribution in [3.8, 4) is 0 Å². The summed E-state index contributed by atoms with van der Waals surface area (Å²) in [6.07, 6.45) is 0. The molecule has 0 aliphatic rings. The van der Waals surface area contributed by atoms with E-state index in [9.17, 15) is 0 Å². The Balaban J connectivity index is -0.000000382. The average Bonchev–Trinajstić information content (AvgIpc) is 3.19. The fourth-order valence-corrected chi connectivity index (χ4v) is 2.97. The van der Waals surface area contributed by atoms with E-state index in [1.807, 2.05) is 0 Å². The molecule has 144 valence electrons. The number of fused-ring (bicyclic) bond motifs is 4. The topological polar surface area (TPSA) is 0 Å². The van der Waals surface area contributed by atoms with E-state index in [2.05, 4.69) is 97.1 Å². The Morgan fingerprint density at radius 3 is 1.46 bits per heavy atom. The maximum absolute atomic E-state index is 2.24. The van der Waals surface area contributed by atoms with Gasteiger partial charge >= 0.3 is 26.2 Å². The van der Waals surface area contributed by atoms with Crippen molar-refractivity contribution in [1.82, 2.24) is 0 Å². The van der Waals surface area contributed by atoms with Crippen molar-refractivity contribution in [2.75, 3.05) is 0 Å². The van der Waals surface area contributed by atoms with Gasteiger partial charge < -0.3 is 39.7 Å². The maximum atomic E-state index is 2.24. The smallest absolute Gasteiger partial charge is 1.00 e. The van der Waals surface area contributed by atoms with Crippen LogP contribution in [-0.2, 0) is 26.2 Å². The Hall–Kier alpha value is -1.18. The quantitative estimate of drug-likeness (QED) is 0.218. The van der Waals surface area contributed by atoms with Gasteiger partial charge in [0.2, 0.25) is 0 Å². The van der Waals surface area contributed by atoms with Gasteiger partial charge in [0.1, 0.15) is 0 Å². The van der Waals surface area contributed by atoms with Crippen LogP contribution < -0.4 is 24.8 Å². The zero-order chi connectivity index (χ0) is 14.8. The summed E-state index contributed by atoms with van der Waals surface area (Å²) in [7, 11) is 0. The minimum atomic E-state index is 0. The van der Waals surface area contributed by atoms with Crippen LogP contribution in [0.1, 0.15) is 0 Å². The molecule has 0 aliphatic heterocycles. The number of benzene rings is 3.